The fourth-order valence-electron chi connectivity index (χ4n) is 4.10. The van der Waals surface area contributed by atoms with Crippen molar-refractivity contribution in [2.75, 3.05) is 46.4 Å². The molecule has 1 fully saturated rings. The number of H-pyrrole nitrogens is 1. The summed E-state index contributed by atoms with van der Waals surface area (Å²) in [5.74, 6) is 0.942. The fourth-order valence-corrected chi connectivity index (χ4v) is 4.10. The molecule has 1 aromatic heterocycles. The van der Waals surface area contributed by atoms with E-state index in [9.17, 15) is 0 Å². The summed E-state index contributed by atoms with van der Waals surface area (Å²) < 4.78 is 5.19. The Morgan fingerprint density at radius 2 is 2.03 bits per heavy atom. The molecule has 168 valence electrons. The van der Waals surface area contributed by atoms with Gasteiger partial charge in [-0.15, -0.1) is 24.0 Å². The number of halogens is 1. The number of aromatic amines is 1. The molecular formula is C23H38IN5O. The SMILES string of the molecule is CCNC(=NCCc1c[nH]c2c(CC)cccc12)NC1CCN(CCOC)CC1.I. The number of methoxy groups -OCH3 is 1. The lowest BCUT2D eigenvalue weighted by molar-refractivity contribution is 0.128. The van der Waals surface area contributed by atoms with E-state index in [2.05, 4.69) is 58.8 Å². The van der Waals surface area contributed by atoms with Crippen LogP contribution >= 0.6 is 24.0 Å². The zero-order valence-electron chi connectivity index (χ0n) is 18.7. The second-order valence-corrected chi connectivity index (χ2v) is 7.77. The number of benzene rings is 1. The Morgan fingerprint density at radius 1 is 1.23 bits per heavy atom. The molecule has 0 spiro atoms. The summed E-state index contributed by atoms with van der Waals surface area (Å²) in [5, 5.41) is 8.38. The normalized spacial score (nSPS) is 15.9. The molecule has 2 heterocycles. The van der Waals surface area contributed by atoms with Crippen LogP contribution in [0.25, 0.3) is 10.9 Å². The van der Waals surface area contributed by atoms with Crippen molar-refractivity contribution in [2.24, 2.45) is 4.99 Å². The highest BCUT2D eigenvalue weighted by Gasteiger charge is 2.19. The first-order valence-corrected chi connectivity index (χ1v) is 11.1. The standard InChI is InChI=1S/C23H37N5O.HI/c1-4-18-7-6-8-21-19(17-26-22(18)21)9-12-25-23(24-5-2)27-20-10-13-28(14-11-20)15-16-29-3;/h6-8,17,20,26H,4-5,9-16H2,1-3H3,(H2,24,25,27);1H. The molecule has 3 rings (SSSR count). The van der Waals surface area contributed by atoms with Crippen molar-refractivity contribution in [1.29, 1.82) is 0 Å². The molecule has 1 saturated heterocycles. The number of aromatic nitrogens is 1. The molecule has 0 radical (unpaired) electrons. The van der Waals surface area contributed by atoms with Gasteiger partial charge in [0, 0.05) is 63.0 Å². The molecule has 30 heavy (non-hydrogen) atoms. The minimum Gasteiger partial charge on any atom is -0.383 e. The maximum Gasteiger partial charge on any atom is 0.191 e. The van der Waals surface area contributed by atoms with Crippen molar-refractivity contribution in [3.05, 3.63) is 35.5 Å². The summed E-state index contributed by atoms with van der Waals surface area (Å²) in [7, 11) is 1.77. The Balaban J connectivity index is 0.00000320. The predicted molar refractivity (Wildman–Crippen MR) is 137 cm³/mol. The number of hydrogen-bond donors (Lipinski definition) is 3. The second-order valence-electron chi connectivity index (χ2n) is 7.77. The van der Waals surface area contributed by atoms with Crippen LogP contribution in [-0.2, 0) is 17.6 Å². The van der Waals surface area contributed by atoms with Gasteiger partial charge in [0.05, 0.1) is 6.61 Å². The quantitative estimate of drug-likeness (QED) is 0.265. The van der Waals surface area contributed by atoms with E-state index in [1.54, 1.807) is 7.11 Å². The molecule has 2 aromatic rings. The second kappa shape index (κ2) is 13.2. The van der Waals surface area contributed by atoms with Gasteiger partial charge in [-0.25, -0.2) is 0 Å². The topological polar surface area (TPSA) is 64.7 Å². The van der Waals surface area contributed by atoms with E-state index >= 15 is 0 Å². The van der Waals surface area contributed by atoms with Gasteiger partial charge in [-0.05, 0) is 43.7 Å². The summed E-state index contributed by atoms with van der Waals surface area (Å²) in [6, 6.07) is 7.07. The molecule has 0 saturated carbocycles. The van der Waals surface area contributed by atoms with Crippen LogP contribution in [0.15, 0.2) is 29.4 Å². The first-order chi connectivity index (χ1) is 14.2. The molecule has 1 aromatic carbocycles. The van der Waals surface area contributed by atoms with Crippen molar-refractivity contribution in [3.63, 3.8) is 0 Å². The van der Waals surface area contributed by atoms with Crippen LogP contribution < -0.4 is 10.6 Å². The van der Waals surface area contributed by atoms with Crippen molar-refractivity contribution in [2.45, 2.75) is 45.6 Å². The summed E-state index contributed by atoms with van der Waals surface area (Å²) >= 11 is 0. The van der Waals surface area contributed by atoms with Crippen molar-refractivity contribution in [1.82, 2.24) is 20.5 Å². The van der Waals surface area contributed by atoms with E-state index in [0.29, 0.717) is 6.04 Å². The van der Waals surface area contributed by atoms with E-state index in [0.717, 1.165) is 71.0 Å². The van der Waals surface area contributed by atoms with E-state index in [4.69, 9.17) is 9.73 Å². The lowest BCUT2D eigenvalue weighted by atomic mass is 10.1. The number of likely N-dealkylation sites (tertiary alicyclic amines) is 1. The number of hydrogen-bond acceptors (Lipinski definition) is 3. The van der Waals surface area contributed by atoms with Crippen LogP contribution in [0.2, 0.25) is 0 Å². The Labute approximate surface area is 198 Å². The van der Waals surface area contributed by atoms with Crippen LogP contribution in [0.1, 0.15) is 37.8 Å². The third kappa shape index (κ3) is 6.85. The van der Waals surface area contributed by atoms with Gasteiger partial charge < -0.3 is 25.3 Å². The van der Waals surface area contributed by atoms with Crippen LogP contribution in [0.3, 0.4) is 0 Å². The largest absolute Gasteiger partial charge is 0.383 e. The van der Waals surface area contributed by atoms with Crippen molar-refractivity contribution in [3.8, 4) is 0 Å². The van der Waals surface area contributed by atoms with Gasteiger partial charge in [-0.2, -0.15) is 0 Å². The number of aryl methyl sites for hydroxylation is 1. The number of piperidine rings is 1. The highest BCUT2D eigenvalue weighted by molar-refractivity contribution is 14.0. The van der Waals surface area contributed by atoms with Crippen LogP contribution in [0, 0.1) is 0 Å². The monoisotopic (exact) mass is 527 g/mol. The van der Waals surface area contributed by atoms with Gasteiger partial charge in [0.2, 0.25) is 0 Å². The van der Waals surface area contributed by atoms with Crippen LogP contribution in [0.5, 0.6) is 0 Å². The number of ether oxygens (including phenoxy) is 1. The number of rotatable bonds is 9. The number of para-hydroxylation sites is 1. The minimum atomic E-state index is 0. The third-order valence-corrected chi connectivity index (χ3v) is 5.80. The minimum absolute atomic E-state index is 0. The lowest BCUT2D eigenvalue weighted by Gasteiger charge is -2.32. The molecule has 7 heteroatoms. The highest BCUT2D eigenvalue weighted by atomic mass is 127. The van der Waals surface area contributed by atoms with Crippen molar-refractivity contribution < 1.29 is 4.74 Å². The molecule has 0 unspecified atom stereocenters. The van der Waals surface area contributed by atoms with Gasteiger partial charge in [0.1, 0.15) is 0 Å². The zero-order chi connectivity index (χ0) is 20.5. The van der Waals surface area contributed by atoms with Gasteiger partial charge in [-0.1, -0.05) is 25.1 Å². The highest BCUT2D eigenvalue weighted by Crippen LogP contribution is 2.22. The molecule has 1 aliphatic heterocycles. The van der Waals surface area contributed by atoms with E-state index in [1.165, 1.54) is 22.0 Å². The first kappa shape index (κ1) is 24.9. The Bertz CT molecular complexity index is 783. The molecule has 0 amide bonds. The maximum atomic E-state index is 5.19. The Hall–Kier alpha value is -1.32. The van der Waals surface area contributed by atoms with Gasteiger partial charge >= 0.3 is 0 Å². The fraction of sp³-hybridized carbons (Fsp3) is 0.609. The predicted octanol–water partition coefficient (Wildman–Crippen LogP) is 3.56. The average Bonchev–Trinajstić information content (AvgIpc) is 3.16. The molecule has 0 aliphatic carbocycles. The summed E-state index contributed by atoms with van der Waals surface area (Å²) in [4.78, 5) is 10.8. The number of nitrogens with zero attached hydrogens (tertiary/aromatic N) is 2. The van der Waals surface area contributed by atoms with Crippen molar-refractivity contribution >= 4 is 40.8 Å². The summed E-state index contributed by atoms with van der Waals surface area (Å²) in [6.07, 6.45) is 6.44. The van der Waals surface area contributed by atoms with Gasteiger partial charge in [0.25, 0.3) is 0 Å². The number of guanidine groups is 1. The molecular weight excluding hydrogens is 489 g/mol. The van der Waals surface area contributed by atoms with Crippen LogP contribution in [0.4, 0.5) is 0 Å². The van der Waals surface area contributed by atoms with E-state index in [-0.39, 0.29) is 24.0 Å². The molecule has 3 N–H and O–H groups in total. The molecule has 1 aliphatic rings. The molecule has 0 atom stereocenters. The molecule has 0 bridgehead atoms. The lowest BCUT2D eigenvalue weighted by Crippen LogP contribution is -2.49. The number of aliphatic imine (C=N–C) groups is 1. The smallest absolute Gasteiger partial charge is 0.191 e. The van der Waals surface area contributed by atoms with Gasteiger partial charge in [0.15, 0.2) is 5.96 Å². The summed E-state index contributed by atoms with van der Waals surface area (Å²) in [5.41, 5.74) is 4.00. The van der Waals surface area contributed by atoms with Gasteiger partial charge in [-0.3, -0.25) is 4.99 Å². The van der Waals surface area contributed by atoms with E-state index in [1.807, 2.05) is 0 Å². The Kier molecular flexibility index (Phi) is 11.0. The third-order valence-electron chi connectivity index (χ3n) is 5.80. The Morgan fingerprint density at radius 3 is 2.73 bits per heavy atom. The zero-order valence-corrected chi connectivity index (χ0v) is 21.0. The average molecular weight is 527 g/mol. The number of nitrogens with one attached hydrogen (secondary N) is 3. The maximum absolute atomic E-state index is 5.19. The first-order valence-electron chi connectivity index (χ1n) is 11.1. The number of fused-ring (bicyclic) bond motifs is 1. The summed E-state index contributed by atoms with van der Waals surface area (Å²) in [6.45, 7) is 10.1. The van der Waals surface area contributed by atoms with E-state index < -0.39 is 0 Å². The van der Waals surface area contributed by atoms with Crippen LogP contribution in [-0.4, -0.2) is 68.3 Å². The molecule has 6 nitrogen and oxygen atoms in total.